The summed E-state index contributed by atoms with van der Waals surface area (Å²) in [4.78, 5) is 22.0. The van der Waals surface area contributed by atoms with Crippen LogP contribution in [-0.4, -0.2) is 34.7 Å². The lowest BCUT2D eigenvalue weighted by Gasteiger charge is -2.22. The van der Waals surface area contributed by atoms with Gasteiger partial charge in [-0.3, -0.25) is 4.79 Å². The first-order valence-corrected chi connectivity index (χ1v) is 5.15. The van der Waals surface area contributed by atoms with Gasteiger partial charge in [0.15, 0.2) is 6.10 Å². The van der Waals surface area contributed by atoms with Crippen LogP contribution in [0.3, 0.4) is 0 Å². The average molecular weight is 215 g/mol. The van der Waals surface area contributed by atoms with Gasteiger partial charge in [-0.2, -0.15) is 0 Å². The Morgan fingerprint density at radius 1 is 1.40 bits per heavy atom. The van der Waals surface area contributed by atoms with Gasteiger partial charge in [-0.15, -0.1) is 0 Å². The number of aliphatic hydroxyl groups excluding tert-OH is 1. The van der Waals surface area contributed by atoms with Crippen molar-refractivity contribution in [3.63, 3.8) is 0 Å². The van der Waals surface area contributed by atoms with Crippen LogP contribution >= 0.6 is 0 Å². The minimum absolute atomic E-state index is 0.152. The van der Waals surface area contributed by atoms with Gasteiger partial charge in [-0.1, -0.05) is 19.8 Å². The van der Waals surface area contributed by atoms with Crippen molar-refractivity contribution in [3.05, 3.63) is 0 Å². The van der Waals surface area contributed by atoms with Gasteiger partial charge in [0.05, 0.1) is 6.54 Å². The second-order valence-corrected chi connectivity index (χ2v) is 4.33. The highest BCUT2D eigenvalue weighted by Gasteiger charge is 2.36. The largest absolute Gasteiger partial charge is 0.479 e. The summed E-state index contributed by atoms with van der Waals surface area (Å²) in [6.45, 7) is 1.66. The Morgan fingerprint density at radius 3 is 2.40 bits per heavy atom. The van der Waals surface area contributed by atoms with Crippen LogP contribution in [0.5, 0.6) is 0 Å². The first kappa shape index (κ1) is 12.0. The number of amides is 1. The first-order valence-electron chi connectivity index (χ1n) is 5.15. The maximum absolute atomic E-state index is 11.7. The van der Waals surface area contributed by atoms with Crippen molar-refractivity contribution in [2.75, 3.05) is 6.54 Å². The number of carboxylic acid groups (broad SMARTS) is 1. The normalized spacial score (nSPS) is 20.9. The Morgan fingerprint density at radius 2 is 1.93 bits per heavy atom. The molecule has 1 aliphatic carbocycles. The summed E-state index contributed by atoms with van der Waals surface area (Å²) in [5.74, 6) is -1.47. The van der Waals surface area contributed by atoms with Crippen molar-refractivity contribution in [2.24, 2.45) is 5.41 Å². The van der Waals surface area contributed by atoms with Gasteiger partial charge in [0.25, 0.3) is 0 Å². The van der Waals surface area contributed by atoms with Crippen LogP contribution in [0, 0.1) is 5.41 Å². The molecule has 1 atom stereocenters. The Kier molecular flexibility index (Phi) is 3.68. The summed E-state index contributed by atoms with van der Waals surface area (Å²) in [5.41, 5.74) is -0.377. The van der Waals surface area contributed by atoms with Crippen LogP contribution in [0.15, 0.2) is 0 Å². The van der Waals surface area contributed by atoms with Crippen LogP contribution in [0.2, 0.25) is 0 Å². The molecule has 0 radical (unpaired) electrons. The van der Waals surface area contributed by atoms with E-state index in [1.165, 1.54) is 0 Å². The number of hydrogen-bond donors (Lipinski definition) is 3. The third-order valence-electron chi connectivity index (χ3n) is 3.00. The van der Waals surface area contributed by atoms with Crippen molar-refractivity contribution < 1.29 is 19.8 Å². The summed E-state index contributed by atoms with van der Waals surface area (Å²) in [7, 11) is 0. The fourth-order valence-corrected chi connectivity index (χ4v) is 1.87. The number of carbonyl (C=O) groups is 2. The zero-order valence-corrected chi connectivity index (χ0v) is 8.82. The number of nitrogens with one attached hydrogen (secondary N) is 1. The number of hydrogen-bond acceptors (Lipinski definition) is 3. The highest BCUT2D eigenvalue weighted by atomic mass is 16.4. The van der Waals surface area contributed by atoms with E-state index in [4.69, 9.17) is 10.2 Å². The van der Waals surface area contributed by atoms with E-state index in [9.17, 15) is 9.59 Å². The van der Waals surface area contributed by atoms with Gasteiger partial charge in [0.2, 0.25) is 5.91 Å². The molecule has 1 amide bonds. The molecule has 0 aliphatic heterocycles. The van der Waals surface area contributed by atoms with Gasteiger partial charge >= 0.3 is 5.97 Å². The summed E-state index contributed by atoms with van der Waals surface area (Å²) in [5, 5.41) is 19.9. The monoisotopic (exact) mass is 215 g/mol. The number of aliphatic hydroxyl groups is 1. The summed E-state index contributed by atoms with van der Waals surface area (Å²) in [6.07, 6.45) is 2.22. The molecule has 3 N–H and O–H groups in total. The SMILES string of the molecule is CC1(C(=O)NC[C@H](O)C(=O)O)CCCC1. The Balaban J connectivity index is 2.39. The molecule has 0 bridgehead atoms. The predicted octanol–water partition coefficient (Wildman–Crippen LogP) is 0.128. The lowest BCUT2D eigenvalue weighted by atomic mass is 9.88. The molecule has 1 fully saturated rings. The lowest BCUT2D eigenvalue weighted by molar-refractivity contribution is -0.146. The van der Waals surface area contributed by atoms with Crippen LogP contribution in [0.25, 0.3) is 0 Å². The van der Waals surface area contributed by atoms with E-state index in [-0.39, 0.29) is 17.9 Å². The van der Waals surface area contributed by atoms with Crippen molar-refractivity contribution in [2.45, 2.75) is 38.7 Å². The zero-order chi connectivity index (χ0) is 11.5. The molecule has 0 heterocycles. The van der Waals surface area contributed by atoms with E-state index >= 15 is 0 Å². The highest BCUT2D eigenvalue weighted by Crippen LogP contribution is 2.37. The molecule has 0 aromatic heterocycles. The molecule has 1 saturated carbocycles. The number of rotatable bonds is 4. The van der Waals surface area contributed by atoms with Crippen molar-refractivity contribution in [1.29, 1.82) is 0 Å². The summed E-state index contributed by atoms with van der Waals surface area (Å²) in [6, 6.07) is 0. The molecular weight excluding hydrogens is 198 g/mol. The number of aliphatic carboxylic acids is 1. The molecule has 0 spiro atoms. The van der Waals surface area contributed by atoms with Crippen LogP contribution < -0.4 is 5.32 Å². The van der Waals surface area contributed by atoms with E-state index in [1.54, 1.807) is 0 Å². The van der Waals surface area contributed by atoms with E-state index in [0.29, 0.717) is 0 Å². The van der Waals surface area contributed by atoms with Crippen LogP contribution in [-0.2, 0) is 9.59 Å². The number of carbonyl (C=O) groups excluding carboxylic acids is 1. The molecule has 0 saturated heterocycles. The van der Waals surface area contributed by atoms with Crippen molar-refractivity contribution >= 4 is 11.9 Å². The Bertz CT molecular complexity index is 258. The molecule has 0 aromatic rings. The Labute approximate surface area is 88.5 Å². The second kappa shape index (κ2) is 4.61. The smallest absolute Gasteiger partial charge is 0.334 e. The molecule has 86 valence electrons. The highest BCUT2D eigenvalue weighted by molar-refractivity contribution is 5.83. The molecule has 1 aliphatic rings. The zero-order valence-electron chi connectivity index (χ0n) is 8.82. The first-order chi connectivity index (χ1) is 6.96. The fraction of sp³-hybridized carbons (Fsp3) is 0.800. The van der Waals surface area contributed by atoms with E-state index in [2.05, 4.69) is 5.32 Å². The van der Waals surface area contributed by atoms with Gasteiger partial charge in [-0.25, -0.2) is 4.79 Å². The van der Waals surface area contributed by atoms with E-state index in [1.807, 2.05) is 6.92 Å². The molecule has 5 heteroatoms. The maximum Gasteiger partial charge on any atom is 0.334 e. The van der Waals surface area contributed by atoms with Crippen molar-refractivity contribution in [3.8, 4) is 0 Å². The maximum atomic E-state index is 11.7. The van der Waals surface area contributed by atoms with E-state index < -0.39 is 12.1 Å². The minimum Gasteiger partial charge on any atom is -0.479 e. The van der Waals surface area contributed by atoms with Gasteiger partial charge < -0.3 is 15.5 Å². The quantitative estimate of drug-likeness (QED) is 0.622. The second-order valence-electron chi connectivity index (χ2n) is 4.33. The van der Waals surface area contributed by atoms with Crippen LogP contribution in [0.4, 0.5) is 0 Å². The van der Waals surface area contributed by atoms with Gasteiger partial charge in [0, 0.05) is 5.41 Å². The molecule has 5 nitrogen and oxygen atoms in total. The third-order valence-corrected chi connectivity index (χ3v) is 3.00. The number of carboxylic acids is 1. The Hall–Kier alpha value is -1.10. The third kappa shape index (κ3) is 2.92. The van der Waals surface area contributed by atoms with Crippen LogP contribution in [0.1, 0.15) is 32.6 Å². The standard InChI is InChI=1S/C10H17NO4/c1-10(4-2-3-5-10)9(15)11-6-7(12)8(13)14/h7,12H,2-6H2,1H3,(H,11,15)(H,13,14)/t7-/m0/s1. The summed E-state index contributed by atoms with van der Waals surface area (Å²) >= 11 is 0. The predicted molar refractivity (Wildman–Crippen MR) is 53.2 cm³/mol. The van der Waals surface area contributed by atoms with Gasteiger partial charge in [-0.05, 0) is 12.8 Å². The molecule has 0 unspecified atom stereocenters. The minimum atomic E-state index is -1.51. The molecular formula is C10H17NO4. The van der Waals surface area contributed by atoms with E-state index in [0.717, 1.165) is 25.7 Å². The molecule has 0 aromatic carbocycles. The topological polar surface area (TPSA) is 86.6 Å². The fourth-order valence-electron chi connectivity index (χ4n) is 1.87. The average Bonchev–Trinajstić information content (AvgIpc) is 2.62. The lowest BCUT2D eigenvalue weighted by Crippen LogP contribution is -2.42. The van der Waals surface area contributed by atoms with Gasteiger partial charge in [0.1, 0.15) is 0 Å². The summed E-state index contributed by atoms with van der Waals surface area (Å²) < 4.78 is 0. The van der Waals surface area contributed by atoms with Crippen molar-refractivity contribution in [1.82, 2.24) is 5.32 Å². The molecule has 1 rings (SSSR count). The molecule has 15 heavy (non-hydrogen) atoms.